The molecule has 0 aliphatic carbocycles. The Morgan fingerprint density at radius 2 is 2.17 bits per heavy atom. The molecule has 0 amide bonds. The first kappa shape index (κ1) is 9.44. The molecule has 1 aromatic rings. The van der Waals surface area contributed by atoms with Crippen LogP contribution in [0.1, 0.15) is 5.69 Å². The Morgan fingerprint density at radius 3 is 2.58 bits per heavy atom. The Bertz CT molecular complexity index is 401. The number of aryl methyl sites for hydroxylation is 1. The van der Waals surface area contributed by atoms with Gasteiger partial charge in [0.1, 0.15) is 4.90 Å². The van der Waals surface area contributed by atoms with Crippen molar-refractivity contribution in [3.8, 4) is 0 Å². The smallest absolute Gasteiger partial charge is 0.282 e. The van der Waals surface area contributed by atoms with Crippen LogP contribution in [0.3, 0.4) is 0 Å². The molecular formula is C6H6ClNO3S. The van der Waals surface area contributed by atoms with E-state index in [-0.39, 0.29) is 15.6 Å². The largest absolute Gasteiger partial charge is 0.296 e. The van der Waals surface area contributed by atoms with Gasteiger partial charge in [-0.1, -0.05) is 11.6 Å². The van der Waals surface area contributed by atoms with E-state index in [1.807, 2.05) is 0 Å². The lowest BCUT2D eigenvalue weighted by Gasteiger charge is -2.00. The van der Waals surface area contributed by atoms with Gasteiger partial charge in [-0.2, -0.15) is 8.42 Å². The minimum atomic E-state index is -4.20. The van der Waals surface area contributed by atoms with E-state index in [9.17, 15) is 8.42 Å². The molecule has 0 unspecified atom stereocenters. The van der Waals surface area contributed by atoms with Crippen molar-refractivity contribution < 1.29 is 13.0 Å². The summed E-state index contributed by atoms with van der Waals surface area (Å²) in [5.41, 5.74) is 0.224. The average molecular weight is 208 g/mol. The summed E-state index contributed by atoms with van der Waals surface area (Å²) in [6, 6.07) is 1.15. The molecule has 0 saturated carbocycles. The topological polar surface area (TPSA) is 67.3 Å². The van der Waals surface area contributed by atoms with Gasteiger partial charge >= 0.3 is 0 Å². The highest BCUT2D eigenvalue weighted by Gasteiger charge is 2.13. The summed E-state index contributed by atoms with van der Waals surface area (Å²) in [6.45, 7) is 1.47. The molecule has 0 aliphatic heterocycles. The Balaban J connectivity index is 3.43. The van der Waals surface area contributed by atoms with Crippen LogP contribution in [0.4, 0.5) is 0 Å². The third-order valence-electron chi connectivity index (χ3n) is 1.29. The Labute approximate surface area is 74.9 Å². The van der Waals surface area contributed by atoms with Gasteiger partial charge in [0.2, 0.25) is 0 Å². The van der Waals surface area contributed by atoms with Gasteiger partial charge in [0.25, 0.3) is 10.1 Å². The standard InChI is InChI=1S/C6H6ClNO3S/c1-4-6(12(9,10)11)2-5(7)3-8-4/h2-3H,1H3,(H,9,10,11). The van der Waals surface area contributed by atoms with Crippen LogP contribution in [0.15, 0.2) is 17.2 Å². The predicted molar refractivity (Wildman–Crippen MR) is 43.8 cm³/mol. The summed E-state index contributed by atoms with van der Waals surface area (Å²) < 4.78 is 30.0. The fourth-order valence-electron chi connectivity index (χ4n) is 0.750. The van der Waals surface area contributed by atoms with E-state index in [0.717, 1.165) is 6.07 Å². The molecule has 0 spiro atoms. The van der Waals surface area contributed by atoms with Crippen molar-refractivity contribution in [1.29, 1.82) is 0 Å². The molecule has 1 rings (SSSR count). The van der Waals surface area contributed by atoms with Crippen molar-refractivity contribution in [2.75, 3.05) is 0 Å². The molecule has 0 atom stereocenters. The zero-order valence-corrected chi connectivity index (χ0v) is 7.72. The van der Waals surface area contributed by atoms with E-state index in [4.69, 9.17) is 16.2 Å². The average Bonchev–Trinajstić information content (AvgIpc) is 1.92. The molecule has 0 saturated heterocycles. The molecule has 1 aromatic heterocycles. The maximum absolute atomic E-state index is 10.7. The van der Waals surface area contributed by atoms with Crippen molar-refractivity contribution in [3.05, 3.63) is 23.0 Å². The second kappa shape index (κ2) is 3.01. The van der Waals surface area contributed by atoms with Crippen molar-refractivity contribution in [1.82, 2.24) is 4.98 Å². The monoisotopic (exact) mass is 207 g/mol. The number of pyridine rings is 1. The third kappa shape index (κ3) is 1.94. The maximum atomic E-state index is 10.7. The molecule has 6 heteroatoms. The van der Waals surface area contributed by atoms with Crippen LogP contribution < -0.4 is 0 Å². The summed E-state index contributed by atoms with van der Waals surface area (Å²) >= 11 is 5.48. The first-order valence-corrected chi connectivity index (χ1v) is 4.82. The van der Waals surface area contributed by atoms with E-state index < -0.39 is 10.1 Å². The van der Waals surface area contributed by atoms with Gasteiger partial charge in [0, 0.05) is 6.20 Å². The van der Waals surface area contributed by atoms with Gasteiger partial charge in [-0.05, 0) is 13.0 Å². The zero-order chi connectivity index (χ0) is 9.35. The van der Waals surface area contributed by atoms with Gasteiger partial charge in [0.15, 0.2) is 0 Å². The lowest BCUT2D eigenvalue weighted by molar-refractivity contribution is 0.482. The highest BCUT2D eigenvalue weighted by molar-refractivity contribution is 7.85. The Morgan fingerprint density at radius 1 is 1.58 bits per heavy atom. The zero-order valence-electron chi connectivity index (χ0n) is 6.15. The fourth-order valence-corrected chi connectivity index (χ4v) is 1.67. The van der Waals surface area contributed by atoms with Crippen molar-refractivity contribution in [2.45, 2.75) is 11.8 Å². The van der Waals surface area contributed by atoms with Crippen LogP contribution >= 0.6 is 11.6 Å². The van der Waals surface area contributed by atoms with Crippen LogP contribution in [0, 0.1) is 6.92 Å². The lowest BCUT2D eigenvalue weighted by atomic mass is 10.4. The highest BCUT2D eigenvalue weighted by atomic mass is 35.5. The molecule has 1 N–H and O–H groups in total. The molecular weight excluding hydrogens is 202 g/mol. The van der Waals surface area contributed by atoms with Gasteiger partial charge in [-0.25, -0.2) is 0 Å². The normalized spacial score (nSPS) is 11.6. The predicted octanol–water partition coefficient (Wildman–Crippen LogP) is 1.29. The fraction of sp³-hybridized carbons (Fsp3) is 0.167. The number of aromatic nitrogens is 1. The van der Waals surface area contributed by atoms with Gasteiger partial charge in [-0.15, -0.1) is 0 Å². The molecule has 0 radical (unpaired) electrons. The maximum Gasteiger partial charge on any atom is 0.296 e. The molecule has 12 heavy (non-hydrogen) atoms. The number of halogens is 1. The van der Waals surface area contributed by atoms with Gasteiger partial charge < -0.3 is 0 Å². The van der Waals surface area contributed by atoms with Crippen molar-refractivity contribution in [2.24, 2.45) is 0 Å². The van der Waals surface area contributed by atoms with Gasteiger partial charge in [0.05, 0.1) is 10.7 Å². The second-order valence-electron chi connectivity index (χ2n) is 2.21. The second-order valence-corrected chi connectivity index (χ2v) is 4.04. The minimum Gasteiger partial charge on any atom is -0.282 e. The van der Waals surface area contributed by atoms with Crippen LogP contribution in [-0.4, -0.2) is 18.0 Å². The quantitative estimate of drug-likeness (QED) is 0.705. The summed E-state index contributed by atoms with van der Waals surface area (Å²) in [7, 11) is -4.20. The SMILES string of the molecule is Cc1ncc(Cl)cc1S(=O)(=O)O. The van der Waals surface area contributed by atoms with Crippen LogP contribution in [0.2, 0.25) is 5.02 Å². The van der Waals surface area contributed by atoms with Crippen LogP contribution in [0.25, 0.3) is 0 Å². The number of hydrogen-bond acceptors (Lipinski definition) is 3. The number of nitrogens with zero attached hydrogens (tertiary/aromatic N) is 1. The Hall–Kier alpha value is -0.650. The first-order chi connectivity index (χ1) is 5.41. The van der Waals surface area contributed by atoms with Crippen molar-refractivity contribution in [3.63, 3.8) is 0 Å². The number of hydrogen-bond donors (Lipinski definition) is 1. The molecule has 0 bridgehead atoms. The third-order valence-corrected chi connectivity index (χ3v) is 2.46. The molecule has 1 heterocycles. The van der Waals surface area contributed by atoms with Crippen LogP contribution in [0.5, 0.6) is 0 Å². The van der Waals surface area contributed by atoms with E-state index in [0.29, 0.717) is 0 Å². The summed E-state index contributed by atoms with van der Waals surface area (Å²) in [4.78, 5) is 3.42. The summed E-state index contributed by atoms with van der Waals surface area (Å²) in [6.07, 6.45) is 1.31. The van der Waals surface area contributed by atoms with E-state index in [1.165, 1.54) is 13.1 Å². The van der Waals surface area contributed by atoms with E-state index in [2.05, 4.69) is 4.98 Å². The highest BCUT2D eigenvalue weighted by Crippen LogP contribution is 2.16. The summed E-state index contributed by atoms with van der Waals surface area (Å²) in [5.74, 6) is 0. The first-order valence-electron chi connectivity index (χ1n) is 3.01. The Kier molecular flexibility index (Phi) is 2.36. The molecule has 4 nitrogen and oxygen atoms in total. The van der Waals surface area contributed by atoms with E-state index >= 15 is 0 Å². The molecule has 0 aliphatic rings. The van der Waals surface area contributed by atoms with E-state index in [1.54, 1.807) is 0 Å². The number of rotatable bonds is 1. The molecule has 0 aromatic carbocycles. The molecule has 66 valence electrons. The summed E-state index contributed by atoms with van der Waals surface area (Å²) in [5, 5.41) is 0.174. The lowest BCUT2D eigenvalue weighted by Crippen LogP contribution is -2.02. The van der Waals surface area contributed by atoms with Crippen molar-refractivity contribution >= 4 is 21.7 Å². The van der Waals surface area contributed by atoms with Crippen LogP contribution in [-0.2, 0) is 10.1 Å². The van der Waals surface area contributed by atoms with Gasteiger partial charge in [-0.3, -0.25) is 9.54 Å². The minimum absolute atomic E-state index is 0.174. The molecule has 0 fully saturated rings.